The second-order valence-electron chi connectivity index (χ2n) is 9.90. The van der Waals surface area contributed by atoms with Gasteiger partial charge in [0.2, 0.25) is 17.5 Å². The summed E-state index contributed by atoms with van der Waals surface area (Å²) in [7, 11) is 0. The summed E-state index contributed by atoms with van der Waals surface area (Å²) in [5.41, 5.74) is 1.09. The molecule has 1 aromatic carbocycles. The highest BCUT2D eigenvalue weighted by atomic mass is 19.1. The minimum absolute atomic E-state index is 0.00687. The van der Waals surface area contributed by atoms with Gasteiger partial charge in [-0.2, -0.15) is 10.2 Å². The van der Waals surface area contributed by atoms with E-state index in [1.165, 1.54) is 18.4 Å². The Morgan fingerprint density at radius 3 is 2.56 bits per heavy atom. The van der Waals surface area contributed by atoms with Gasteiger partial charge in [0, 0.05) is 19.0 Å². The molecule has 0 spiro atoms. The molecule has 8 heteroatoms. The normalized spacial score (nSPS) is 15.7. The highest BCUT2D eigenvalue weighted by Crippen LogP contribution is 2.33. The molecule has 4 rings (SSSR count). The van der Waals surface area contributed by atoms with E-state index in [1.54, 1.807) is 24.3 Å². The van der Waals surface area contributed by atoms with Crippen LogP contribution in [0.4, 0.5) is 10.3 Å². The predicted molar refractivity (Wildman–Crippen MR) is 125 cm³/mol. The van der Waals surface area contributed by atoms with E-state index in [4.69, 9.17) is 8.83 Å². The first-order valence-corrected chi connectivity index (χ1v) is 11.5. The molecule has 0 bridgehead atoms. The van der Waals surface area contributed by atoms with E-state index in [0.717, 1.165) is 12.0 Å². The number of rotatable bonds is 6. The number of carbonyl (C=O) groups excluding carboxylic acids is 1. The van der Waals surface area contributed by atoms with Gasteiger partial charge < -0.3 is 19.1 Å². The molecule has 3 heterocycles. The maximum absolute atomic E-state index is 13.4. The zero-order chi connectivity index (χ0) is 24.3. The smallest absolute Gasteiger partial charge is 0.266 e. The summed E-state index contributed by atoms with van der Waals surface area (Å²) in [6.45, 7) is 7.50. The molecular formula is C26H29FN4O3. The van der Waals surface area contributed by atoms with Crippen molar-refractivity contribution in [1.82, 2.24) is 10.3 Å². The van der Waals surface area contributed by atoms with Crippen LogP contribution in [0.3, 0.4) is 0 Å². The Hall–Kier alpha value is -3.60. The molecule has 1 fully saturated rings. The number of benzene rings is 1. The first-order valence-electron chi connectivity index (χ1n) is 11.5. The number of oxazole rings is 1. The molecule has 1 unspecified atom stereocenters. The van der Waals surface area contributed by atoms with Crippen LogP contribution in [0.25, 0.3) is 11.7 Å². The fraction of sp³-hybridized carbons (Fsp3) is 0.423. The van der Waals surface area contributed by atoms with Gasteiger partial charge >= 0.3 is 0 Å². The van der Waals surface area contributed by atoms with E-state index in [1.807, 2.05) is 4.90 Å². The molecule has 1 aliphatic heterocycles. The maximum atomic E-state index is 13.4. The van der Waals surface area contributed by atoms with Crippen LogP contribution in [0.15, 0.2) is 51.5 Å². The van der Waals surface area contributed by atoms with E-state index < -0.39 is 0 Å². The van der Waals surface area contributed by atoms with Crippen molar-refractivity contribution in [3.63, 3.8) is 0 Å². The molecule has 178 valence electrons. The van der Waals surface area contributed by atoms with Crippen molar-refractivity contribution in [2.75, 3.05) is 18.0 Å². The molecular weight excluding hydrogens is 435 g/mol. The second-order valence-corrected chi connectivity index (χ2v) is 9.90. The van der Waals surface area contributed by atoms with Crippen LogP contribution in [0.1, 0.15) is 57.3 Å². The van der Waals surface area contributed by atoms with Gasteiger partial charge in [-0.1, -0.05) is 32.9 Å². The third-order valence-electron chi connectivity index (χ3n) is 6.01. The third-order valence-corrected chi connectivity index (χ3v) is 6.01. The highest BCUT2D eigenvalue weighted by Gasteiger charge is 2.31. The summed E-state index contributed by atoms with van der Waals surface area (Å²) >= 11 is 0. The Labute approximate surface area is 198 Å². The van der Waals surface area contributed by atoms with Gasteiger partial charge in [-0.05, 0) is 54.5 Å². The Morgan fingerprint density at radius 2 is 1.97 bits per heavy atom. The number of furan rings is 1. The van der Waals surface area contributed by atoms with E-state index in [2.05, 4.69) is 37.1 Å². The van der Waals surface area contributed by atoms with E-state index in [-0.39, 0.29) is 40.7 Å². The van der Waals surface area contributed by atoms with E-state index in [0.29, 0.717) is 37.6 Å². The average Bonchev–Trinajstić information content (AvgIpc) is 3.48. The topological polar surface area (TPSA) is 95.3 Å². The van der Waals surface area contributed by atoms with Gasteiger partial charge in [0.1, 0.15) is 11.9 Å². The number of hydrogen-bond acceptors (Lipinski definition) is 6. The number of nitrogens with zero attached hydrogens (tertiary/aromatic N) is 3. The number of nitrogens with one attached hydrogen (secondary N) is 1. The average molecular weight is 465 g/mol. The van der Waals surface area contributed by atoms with Crippen LogP contribution in [0, 0.1) is 28.5 Å². The molecule has 0 saturated carbocycles. The van der Waals surface area contributed by atoms with Gasteiger partial charge in [0.05, 0.1) is 12.3 Å². The first-order chi connectivity index (χ1) is 16.2. The molecule has 1 aliphatic rings. The molecule has 0 radical (unpaired) electrons. The summed E-state index contributed by atoms with van der Waals surface area (Å²) in [4.78, 5) is 19.4. The largest absolute Gasteiger partial charge is 0.459 e. The van der Waals surface area contributed by atoms with Gasteiger partial charge in [0.15, 0.2) is 5.76 Å². The van der Waals surface area contributed by atoms with Crippen molar-refractivity contribution in [3.05, 3.63) is 59.7 Å². The summed E-state index contributed by atoms with van der Waals surface area (Å²) < 4.78 is 24.6. The van der Waals surface area contributed by atoms with Crippen LogP contribution < -0.4 is 10.2 Å². The molecule has 1 saturated heterocycles. The quantitative estimate of drug-likeness (QED) is 0.521. The van der Waals surface area contributed by atoms with Crippen LogP contribution >= 0.6 is 0 Å². The lowest BCUT2D eigenvalue weighted by atomic mass is 9.85. The zero-order valence-corrected chi connectivity index (χ0v) is 19.7. The van der Waals surface area contributed by atoms with Crippen molar-refractivity contribution in [1.29, 1.82) is 5.26 Å². The SMILES string of the molecule is CC(C)(C)CC(NC(=O)C1CCN(c2oc(-c3ccco3)nc2C#N)CC1)c1ccc(F)cc1. The minimum atomic E-state index is -0.295. The Bertz CT molecular complexity index is 1150. The minimum Gasteiger partial charge on any atom is -0.459 e. The molecule has 1 N–H and O–H groups in total. The second kappa shape index (κ2) is 9.72. The van der Waals surface area contributed by atoms with Crippen molar-refractivity contribution < 1.29 is 18.0 Å². The van der Waals surface area contributed by atoms with Gasteiger partial charge in [-0.3, -0.25) is 4.79 Å². The standard InChI is InChI=1S/C26H29FN4O3/c1-26(2,3)15-20(17-6-8-19(27)9-7-17)29-23(32)18-10-12-31(13-11-18)25-21(16-28)30-24(34-25)22-5-4-14-33-22/h4-9,14,18,20H,10-13,15H2,1-3H3,(H,29,32). The van der Waals surface area contributed by atoms with Crippen LogP contribution in [0.5, 0.6) is 0 Å². The molecule has 3 aromatic rings. The van der Waals surface area contributed by atoms with Gasteiger partial charge in [-0.15, -0.1) is 0 Å². The zero-order valence-electron chi connectivity index (χ0n) is 19.7. The van der Waals surface area contributed by atoms with Gasteiger partial charge in [0.25, 0.3) is 5.89 Å². The Morgan fingerprint density at radius 1 is 1.26 bits per heavy atom. The fourth-order valence-electron chi connectivity index (χ4n) is 4.30. The molecule has 1 amide bonds. The van der Waals surface area contributed by atoms with Gasteiger partial charge in [-0.25, -0.2) is 4.39 Å². The number of anilines is 1. The molecule has 2 aromatic heterocycles. The summed E-state index contributed by atoms with van der Waals surface area (Å²) in [5, 5.41) is 12.7. The monoisotopic (exact) mass is 464 g/mol. The lowest BCUT2D eigenvalue weighted by Crippen LogP contribution is -2.42. The molecule has 1 atom stereocenters. The number of hydrogen-bond donors (Lipinski definition) is 1. The first kappa shape index (κ1) is 23.6. The number of piperidine rings is 1. The predicted octanol–water partition coefficient (Wildman–Crippen LogP) is 5.46. The van der Waals surface area contributed by atoms with Crippen LogP contribution in [-0.4, -0.2) is 24.0 Å². The summed E-state index contributed by atoms with van der Waals surface area (Å²) in [5.74, 6) is 0.675. The van der Waals surface area contributed by atoms with E-state index in [9.17, 15) is 14.4 Å². The number of aromatic nitrogens is 1. The summed E-state index contributed by atoms with van der Waals surface area (Å²) in [6.07, 6.45) is 3.51. The molecule has 0 aliphatic carbocycles. The van der Waals surface area contributed by atoms with Crippen molar-refractivity contribution in [3.8, 4) is 17.7 Å². The lowest BCUT2D eigenvalue weighted by Gasteiger charge is -2.33. The van der Waals surface area contributed by atoms with Crippen LogP contribution in [-0.2, 0) is 4.79 Å². The Kier molecular flexibility index (Phi) is 6.73. The van der Waals surface area contributed by atoms with E-state index >= 15 is 0 Å². The molecule has 7 nitrogen and oxygen atoms in total. The van der Waals surface area contributed by atoms with Crippen molar-refractivity contribution in [2.24, 2.45) is 11.3 Å². The maximum Gasteiger partial charge on any atom is 0.266 e. The summed E-state index contributed by atoms with van der Waals surface area (Å²) in [6, 6.07) is 11.7. The number of nitriles is 1. The molecule has 34 heavy (non-hydrogen) atoms. The number of halogens is 1. The lowest BCUT2D eigenvalue weighted by molar-refractivity contribution is -0.126. The van der Waals surface area contributed by atoms with Crippen molar-refractivity contribution >= 4 is 11.8 Å². The van der Waals surface area contributed by atoms with Crippen LogP contribution in [0.2, 0.25) is 0 Å². The van der Waals surface area contributed by atoms with Crippen molar-refractivity contribution in [2.45, 2.75) is 46.1 Å². The number of carbonyl (C=O) groups is 1. The number of amides is 1. The Balaban J connectivity index is 1.42. The highest BCUT2D eigenvalue weighted by molar-refractivity contribution is 5.79. The fourth-order valence-corrected chi connectivity index (χ4v) is 4.30. The third kappa shape index (κ3) is 5.48.